The smallest absolute Gasteiger partial charge is 0.225 e. The molecule has 0 aromatic carbocycles. The van der Waals surface area contributed by atoms with Crippen LogP contribution in [0.3, 0.4) is 0 Å². The molecule has 17 heavy (non-hydrogen) atoms. The van der Waals surface area contributed by atoms with Crippen LogP contribution in [0.4, 0.5) is 0 Å². The number of aliphatic hydroxyl groups is 1. The second-order valence-corrected chi connectivity index (χ2v) is 5.44. The van der Waals surface area contributed by atoms with Gasteiger partial charge in [-0.1, -0.05) is 40.0 Å². The first-order valence-electron chi connectivity index (χ1n) is 7.07. The van der Waals surface area contributed by atoms with Crippen LogP contribution in [-0.2, 0) is 4.79 Å². The molecule has 1 amide bonds. The Hall–Kier alpha value is -0.570. The van der Waals surface area contributed by atoms with Crippen molar-refractivity contribution in [2.45, 2.75) is 64.9 Å². The lowest BCUT2D eigenvalue weighted by atomic mass is 9.86. The number of carbonyl (C=O) groups is 1. The van der Waals surface area contributed by atoms with Gasteiger partial charge in [-0.2, -0.15) is 0 Å². The minimum absolute atomic E-state index is 0.177. The molecule has 3 heteroatoms. The van der Waals surface area contributed by atoms with Gasteiger partial charge in [-0.25, -0.2) is 0 Å². The Morgan fingerprint density at radius 3 is 2.12 bits per heavy atom. The topological polar surface area (TPSA) is 40.5 Å². The average Bonchev–Trinajstić information content (AvgIpc) is 2.25. The molecule has 0 aromatic rings. The number of rotatable bonds is 7. The van der Waals surface area contributed by atoms with E-state index in [1.165, 1.54) is 0 Å². The Labute approximate surface area is 105 Å². The second-order valence-electron chi connectivity index (χ2n) is 5.44. The molecule has 3 nitrogen and oxygen atoms in total. The molecule has 1 aliphatic heterocycles. The van der Waals surface area contributed by atoms with Crippen molar-refractivity contribution in [2.24, 2.45) is 5.92 Å². The third-order valence-corrected chi connectivity index (χ3v) is 3.62. The van der Waals surface area contributed by atoms with Crippen molar-refractivity contribution in [1.29, 1.82) is 0 Å². The molecule has 0 saturated carbocycles. The zero-order valence-corrected chi connectivity index (χ0v) is 11.5. The Morgan fingerprint density at radius 1 is 1.18 bits per heavy atom. The van der Waals surface area contributed by atoms with Crippen LogP contribution in [0.5, 0.6) is 0 Å². The number of hydrogen-bond acceptors (Lipinski definition) is 2. The van der Waals surface area contributed by atoms with E-state index in [-0.39, 0.29) is 11.8 Å². The molecule has 0 unspecified atom stereocenters. The van der Waals surface area contributed by atoms with Gasteiger partial charge in [0.2, 0.25) is 5.91 Å². The van der Waals surface area contributed by atoms with Gasteiger partial charge in [0.05, 0.1) is 18.7 Å². The van der Waals surface area contributed by atoms with E-state index in [1.807, 2.05) is 4.90 Å². The molecule has 1 aliphatic rings. The molecule has 0 aliphatic carbocycles. The first-order chi connectivity index (χ1) is 8.06. The van der Waals surface area contributed by atoms with Gasteiger partial charge >= 0.3 is 0 Å². The van der Waals surface area contributed by atoms with Crippen molar-refractivity contribution in [3.05, 3.63) is 0 Å². The first-order valence-corrected chi connectivity index (χ1v) is 7.07. The van der Waals surface area contributed by atoms with Crippen molar-refractivity contribution in [3.63, 3.8) is 0 Å². The largest absolute Gasteiger partial charge is 0.386 e. The summed E-state index contributed by atoms with van der Waals surface area (Å²) in [7, 11) is 0. The summed E-state index contributed by atoms with van der Waals surface area (Å²) in [4.78, 5) is 14.1. The fourth-order valence-corrected chi connectivity index (χ4v) is 2.79. The summed E-state index contributed by atoms with van der Waals surface area (Å²) in [6.07, 6.45) is 5.87. The number of β-amino-alcohol motifs (C(OH)–C–C–N with tert-alkyl or cyclic N) is 1. The van der Waals surface area contributed by atoms with E-state index in [1.54, 1.807) is 0 Å². The molecule has 1 fully saturated rings. The molecule has 1 heterocycles. The molecule has 0 spiro atoms. The molecule has 0 radical (unpaired) electrons. The van der Waals surface area contributed by atoms with Crippen molar-refractivity contribution < 1.29 is 9.90 Å². The summed E-state index contributed by atoms with van der Waals surface area (Å²) in [5.41, 5.74) is -0.590. The van der Waals surface area contributed by atoms with Crippen molar-refractivity contribution in [3.8, 4) is 0 Å². The maximum absolute atomic E-state index is 12.2. The van der Waals surface area contributed by atoms with Gasteiger partial charge < -0.3 is 10.0 Å². The van der Waals surface area contributed by atoms with Crippen LogP contribution >= 0.6 is 0 Å². The minimum Gasteiger partial charge on any atom is -0.386 e. The van der Waals surface area contributed by atoms with Crippen LogP contribution in [0.25, 0.3) is 0 Å². The standard InChI is InChI=1S/C14H27NO2/c1-4-7-12(8-5-2)13(16)15-10-14(17,11-15)9-6-3/h12,17H,4-11H2,1-3H3. The van der Waals surface area contributed by atoms with E-state index >= 15 is 0 Å². The van der Waals surface area contributed by atoms with Gasteiger partial charge in [-0.15, -0.1) is 0 Å². The lowest BCUT2D eigenvalue weighted by Gasteiger charge is -2.47. The van der Waals surface area contributed by atoms with Crippen LogP contribution in [0.2, 0.25) is 0 Å². The first kappa shape index (κ1) is 14.5. The zero-order chi connectivity index (χ0) is 12.9. The molecule has 100 valence electrons. The van der Waals surface area contributed by atoms with Crippen LogP contribution in [-0.4, -0.2) is 34.6 Å². The summed E-state index contributed by atoms with van der Waals surface area (Å²) < 4.78 is 0. The zero-order valence-electron chi connectivity index (χ0n) is 11.5. The molecule has 0 atom stereocenters. The maximum atomic E-state index is 12.2. The average molecular weight is 241 g/mol. The van der Waals surface area contributed by atoms with Crippen molar-refractivity contribution in [1.82, 2.24) is 4.90 Å². The summed E-state index contributed by atoms with van der Waals surface area (Å²) in [5.74, 6) is 0.436. The molecule has 0 bridgehead atoms. The van der Waals surface area contributed by atoms with E-state index in [0.717, 1.165) is 38.5 Å². The lowest BCUT2D eigenvalue weighted by molar-refractivity contribution is -0.161. The highest BCUT2D eigenvalue weighted by Crippen LogP contribution is 2.29. The lowest BCUT2D eigenvalue weighted by Crippen LogP contribution is -2.64. The van der Waals surface area contributed by atoms with E-state index in [2.05, 4.69) is 20.8 Å². The van der Waals surface area contributed by atoms with Crippen LogP contribution in [0.15, 0.2) is 0 Å². The molecule has 0 aromatic heterocycles. The van der Waals surface area contributed by atoms with E-state index in [4.69, 9.17) is 0 Å². The Morgan fingerprint density at radius 2 is 1.71 bits per heavy atom. The summed E-state index contributed by atoms with van der Waals surface area (Å²) in [6.45, 7) is 7.41. The minimum atomic E-state index is -0.590. The van der Waals surface area contributed by atoms with Gasteiger partial charge in [0.25, 0.3) is 0 Å². The van der Waals surface area contributed by atoms with Crippen molar-refractivity contribution in [2.75, 3.05) is 13.1 Å². The van der Waals surface area contributed by atoms with Gasteiger partial charge in [0.15, 0.2) is 0 Å². The number of carbonyl (C=O) groups excluding carboxylic acids is 1. The van der Waals surface area contributed by atoms with E-state index < -0.39 is 5.60 Å². The highest BCUT2D eigenvalue weighted by Gasteiger charge is 2.43. The fourth-order valence-electron chi connectivity index (χ4n) is 2.79. The predicted octanol–water partition coefficient (Wildman–Crippen LogP) is 2.58. The number of likely N-dealkylation sites (tertiary alicyclic amines) is 1. The van der Waals surface area contributed by atoms with Gasteiger partial charge in [0.1, 0.15) is 0 Å². The van der Waals surface area contributed by atoms with Crippen LogP contribution in [0.1, 0.15) is 59.3 Å². The Balaban J connectivity index is 2.43. The Bertz CT molecular complexity index is 241. The summed E-state index contributed by atoms with van der Waals surface area (Å²) in [6, 6.07) is 0. The number of amides is 1. The van der Waals surface area contributed by atoms with E-state index in [9.17, 15) is 9.90 Å². The predicted molar refractivity (Wildman–Crippen MR) is 69.7 cm³/mol. The van der Waals surface area contributed by atoms with E-state index in [0.29, 0.717) is 13.1 Å². The molecular formula is C14H27NO2. The maximum Gasteiger partial charge on any atom is 0.225 e. The SMILES string of the molecule is CCCC(CCC)C(=O)N1CC(O)(CCC)C1. The number of nitrogens with zero attached hydrogens (tertiary/aromatic N) is 1. The molecular weight excluding hydrogens is 214 g/mol. The second kappa shape index (κ2) is 6.39. The number of hydrogen-bond donors (Lipinski definition) is 1. The highest BCUT2D eigenvalue weighted by molar-refractivity contribution is 5.80. The van der Waals surface area contributed by atoms with Crippen LogP contribution in [0, 0.1) is 5.92 Å². The van der Waals surface area contributed by atoms with Gasteiger partial charge in [0, 0.05) is 5.92 Å². The molecule has 1 saturated heterocycles. The fraction of sp³-hybridized carbons (Fsp3) is 0.929. The highest BCUT2D eigenvalue weighted by atomic mass is 16.3. The van der Waals surface area contributed by atoms with Crippen LogP contribution < -0.4 is 0 Å². The normalized spacial score (nSPS) is 18.3. The summed E-state index contributed by atoms with van der Waals surface area (Å²) >= 11 is 0. The third kappa shape index (κ3) is 3.70. The molecule has 1 rings (SSSR count). The van der Waals surface area contributed by atoms with Crippen molar-refractivity contribution >= 4 is 5.91 Å². The van der Waals surface area contributed by atoms with Gasteiger partial charge in [-0.05, 0) is 19.3 Å². The van der Waals surface area contributed by atoms with Gasteiger partial charge in [-0.3, -0.25) is 4.79 Å². The summed E-state index contributed by atoms with van der Waals surface area (Å²) in [5, 5.41) is 10.1. The Kier molecular flexibility index (Phi) is 5.44. The monoisotopic (exact) mass is 241 g/mol. The third-order valence-electron chi connectivity index (χ3n) is 3.62. The molecule has 1 N–H and O–H groups in total. The quantitative estimate of drug-likeness (QED) is 0.744.